The van der Waals surface area contributed by atoms with E-state index >= 15 is 0 Å². The first-order chi connectivity index (χ1) is 9.58. The molecule has 0 unspecified atom stereocenters. The first-order valence-electron chi connectivity index (χ1n) is 7.30. The smallest absolute Gasteiger partial charge is 0.253 e. The summed E-state index contributed by atoms with van der Waals surface area (Å²) in [6, 6.07) is 4.38. The van der Waals surface area contributed by atoms with E-state index in [-0.39, 0.29) is 11.7 Å². The maximum Gasteiger partial charge on any atom is 0.253 e. The van der Waals surface area contributed by atoms with Gasteiger partial charge in [-0.3, -0.25) is 4.79 Å². The van der Waals surface area contributed by atoms with Crippen LogP contribution < -0.4 is 5.32 Å². The molecule has 0 radical (unpaired) electrons. The van der Waals surface area contributed by atoms with Gasteiger partial charge >= 0.3 is 0 Å². The lowest BCUT2D eigenvalue weighted by Gasteiger charge is -2.25. The number of piperidine rings is 1. The Morgan fingerprint density at radius 3 is 2.80 bits per heavy atom. The fourth-order valence-electron chi connectivity index (χ4n) is 2.68. The largest absolute Gasteiger partial charge is 0.342 e. The second-order valence-electron chi connectivity index (χ2n) is 5.67. The molecule has 2 rings (SSSR count). The van der Waals surface area contributed by atoms with Crippen molar-refractivity contribution in [3.63, 3.8) is 0 Å². The van der Waals surface area contributed by atoms with E-state index in [4.69, 9.17) is 0 Å². The van der Waals surface area contributed by atoms with Crippen LogP contribution in [0.2, 0.25) is 0 Å². The van der Waals surface area contributed by atoms with Crippen molar-refractivity contribution in [1.29, 1.82) is 0 Å². The fourth-order valence-corrected chi connectivity index (χ4v) is 2.68. The van der Waals surface area contributed by atoms with Gasteiger partial charge in [0.05, 0.1) is 0 Å². The molecule has 0 saturated carbocycles. The molecule has 3 nitrogen and oxygen atoms in total. The van der Waals surface area contributed by atoms with Gasteiger partial charge in [0, 0.05) is 19.2 Å². The predicted octanol–water partition coefficient (Wildman–Crippen LogP) is 2.60. The number of carbonyl (C=O) groups excluding carboxylic acids is 1. The summed E-state index contributed by atoms with van der Waals surface area (Å²) < 4.78 is 13.3. The Morgan fingerprint density at radius 1 is 1.40 bits per heavy atom. The Labute approximate surface area is 120 Å². The summed E-state index contributed by atoms with van der Waals surface area (Å²) in [6.07, 6.45) is 3.39. The highest BCUT2D eigenvalue weighted by atomic mass is 19.1. The van der Waals surface area contributed by atoms with E-state index in [2.05, 4.69) is 5.32 Å². The molecule has 1 aromatic rings. The fraction of sp³-hybridized carbons (Fsp3) is 0.562. The summed E-state index contributed by atoms with van der Waals surface area (Å²) in [7, 11) is 1.80. The summed E-state index contributed by atoms with van der Waals surface area (Å²) in [5.41, 5.74) is 1.29. The Balaban J connectivity index is 1.92. The summed E-state index contributed by atoms with van der Waals surface area (Å²) >= 11 is 0. The SMILES string of the molecule is Cc1ccc(F)cc1C(=O)N(C)CCC1CCNCC1. The number of nitrogens with zero attached hydrogens (tertiary/aromatic N) is 1. The number of amides is 1. The number of aryl methyl sites for hydroxylation is 1. The molecule has 1 N–H and O–H groups in total. The maximum atomic E-state index is 13.3. The molecule has 110 valence electrons. The molecule has 0 aromatic heterocycles. The lowest BCUT2D eigenvalue weighted by atomic mass is 9.94. The number of hydrogen-bond acceptors (Lipinski definition) is 2. The quantitative estimate of drug-likeness (QED) is 0.918. The molecule has 4 heteroatoms. The number of rotatable bonds is 4. The van der Waals surface area contributed by atoms with E-state index in [1.165, 1.54) is 25.0 Å². The molecule has 20 heavy (non-hydrogen) atoms. The van der Waals surface area contributed by atoms with Gasteiger partial charge in [0.1, 0.15) is 5.82 Å². The Kier molecular flexibility index (Phi) is 5.12. The molecule has 1 aromatic carbocycles. The van der Waals surface area contributed by atoms with Crippen molar-refractivity contribution in [1.82, 2.24) is 10.2 Å². The van der Waals surface area contributed by atoms with E-state index < -0.39 is 0 Å². The molecule has 1 aliphatic rings. The van der Waals surface area contributed by atoms with Crippen LogP contribution in [0.4, 0.5) is 4.39 Å². The minimum absolute atomic E-state index is 0.0871. The monoisotopic (exact) mass is 278 g/mol. The van der Waals surface area contributed by atoms with Gasteiger partial charge in [-0.05, 0) is 62.9 Å². The minimum Gasteiger partial charge on any atom is -0.342 e. The maximum absolute atomic E-state index is 13.3. The number of nitrogens with one attached hydrogen (secondary N) is 1. The third kappa shape index (κ3) is 3.79. The van der Waals surface area contributed by atoms with Crippen LogP contribution in [-0.4, -0.2) is 37.5 Å². The van der Waals surface area contributed by atoms with E-state index in [0.717, 1.165) is 31.6 Å². The second kappa shape index (κ2) is 6.84. The zero-order valence-electron chi connectivity index (χ0n) is 12.3. The normalized spacial score (nSPS) is 16.1. The molecule has 0 bridgehead atoms. The lowest BCUT2D eigenvalue weighted by molar-refractivity contribution is 0.0783. The van der Waals surface area contributed by atoms with Crippen LogP contribution in [0, 0.1) is 18.7 Å². The van der Waals surface area contributed by atoms with Crippen molar-refractivity contribution >= 4 is 5.91 Å². The average Bonchev–Trinajstić information content (AvgIpc) is 2.47. The third-order valence-corrected chi connectivity index (χ3v) is 4.11. The predicted molar refractivity (Wildman–Crippen MR) is 78.3 cm³/mol. The van der Waals surface area contributed by atoms with Gasteiger partial charge in [-0.25, -0.2) is 4.39 Å². The zero-order valence-corrected chi connectivity index (χ0v) is 12.3. The van der Waals surface area contributed by atoms with Crippen LogP contribution in [-0.2, 0) is 0 Å². The van der Waals surface area contributed by atoms with E-state index in [1.54, 1.807) is 18.0 Å². The lowest BCUT2D eigenvalue weighted by Crippen LogP contribution is -2.33. The average molecular weight is 278 g/mol. The van der Waals surface area contributed by atoms with Crippen molar-refractivity contribution in [2.45, 2.75) is 26.2 Å². The molecular formula is C16H23FN2O. The van der Waals surface area contributed by atoms with Crippen LogP contribution >= 0.6 is 0 Å². The molecule has 1 heterocycles. The van der Waals surface area contributed by atoms with Gasteiger partial charge in [-0.2, -0.15) is 0 Å². The number of hydrogen-bond donors (Lipinski definition) is 1. The van der Waals surface area contributed by atoms with Crippen LogP contribution in [0.15, 0.2) is 18.2 Å². The highest BCUT2D eigenvalue weighted by molar-refractivity contribution is 5.95. The van der Waals surface area contributed by atoms with Gasteiger partial charge in [0.15, 0.2) is 0 Å². The van der Waals surface area contributed by atoms with Crippen molar-refractivity contribution in [2.24, 2.45) is 5.92 Å². The van der Waals surface area contributed by atoms with Crippen molar-refractivity contribution in [2.75, 3.05) is 26.7 Å². The third-order valence-electron chi connectivity index (χ3n) is 4.11. The zero-order chi connectivity index (χ0) is 14.5. The number of carbonyl (C=O) groups is 1. The van der Waals surface area contributed by atoms with Gasteiger partial charge in [0.25, 0.3) is 5.91 Å². The topological polar surface area (TPSA) is 32.3 Å². The Hall–Kier alpha value is -1.42. The van der Waals surface area contributed by atoms with Crippen LogP contribution in [0.1, 0.15) is 35.2 Å². The van der Waals surface area contributed by atoms with Gasteiger partial charge in [-0.15, -0.1) is 0 Å². The molecule has 1 saturated heterocycles. The standard InChI is InChI=1S/C16H23FN2O/c1-12-3-4-14(17)11-15(12)16(20)19(2)10-7-13-5-8-18-9-6-13/h3-4,11,13,18H,5-10H2,1-2H3. The van der Waals surface area contributed by atoms with Gasteiger partial charge in [0.2, 0.25) is 0 Å². The van der Waals surface area contributed by atoms with E-state index in [9.17, 15) is 9.18 Å². The first-order valence-corrected chi connectivity index (χ1v) is 7.30. The summed E-state index contributed by atoms with van der Waals surface area (Å²) in [5.74, 6) is 0.252. The number of benzene rings is 1. The minimum atomic E-state index is -0.356. The Morgan fingerprint density at radius 2 is 2.10 bits per heavy atom. The van der Waals surface area contributed by atoms with Gasteiger partial charge < -0.3 is 10.2 Å². The van der Waals surface area contributed by atoms with E-state index in [0.29, 0.717) is 11.5 Å². The van der Waals surface area contributed by atoms with Crippen molar-refractivity contribution in [3.05, 3.63) is 35.1 Å². The van der Waals surface area contributed by atoms with Crippen molar-refractivity contribution < 1.29 is 9.18 Å². The van der Waals surface area contributed by atoms with Crippen LogP contribution in [0.5, 0.6) is 0 Å². The summed E-state index contributed by atoms with van der Waals surface area (Å²) in [5, 5.41) is 3.34. The molecular weight excluding hydrogens is 255 g/mol. The molecule has 1 amide bonds. The highest BCUT2D eigenvalue weighted by Gasteiger charge is 2.18. The van der Waals surface area contributed by atoms with Crippen LogP contribution in [0.25, 0.3) is 0 Å². The molecule has 1 fully saturated rings. The molecule has 0 atom stereocenters. The van der Waals surface area contributed by atoms with Crippen LogP contribution in [0.3, 0.4) is 0 Å². The summed E-state index contributed by atoms with van der Waals surface area (Å²) in [4.78, 5) is 14.0. The number of halogens is 1. The highest BCUT2D eigenvalue weighted by Crippen LogP contribution is 2.17. The van der Waals surface area contributed by atoms with E-state index in [1.807, 2.05) is 6.92 Å². The molecule has 0 spiro atoms. The molecule has 1 aliphatic heterocycles. The van der Waals surface area contributed by atoms with Gasteiger partial charge in [-0.1, -0.05) is 6.07 Å². The summed E-state index contributed by atoms with van der Waals surface area (Å²) in [6.45, 7) is 4.73. The Bertz CT molecular complexity index is 470. The second-order valence-corrected chi connectivity index (χ2v) is 5.67. The van der Waals surface area contributed by atoms with Crippen molar-refractivity contribution in [3.8, 4) is 0 Å². The first kappa shape index (κ1) is 15.0. The molecule has 0 aliphatic carbocycles.